The standard InChI is InChI=1S/C34H33Cl2N3O7S/c1-6-44-34(42)30-19(2)21(4)47-33(30)38-32(41)23-11-13-24(14-12-23)46-20(3)31(40)39-37-17-22-10-15-28(29(16-22)43-5)45-18-25-26(35)8-7-9-27(25)36/h7-17,20H,6,18H2,1-5H3,(H,38,41)(H,39,40)/b37-17-/t20-/m1/s1. The summed E-state index contributed by atoms with van der Waals surface area (Å²) in [7, 11) is 1.51. The predicted molar refractivity (Wildman–Crippen MR) is 184 cm³/mol. The molecule has 2 amide bonds. The third kappa shape index (κ3) is 9.03. The minimum absolute atomic E-state index is 0.152. The van der Waals surface area contributed by atoms with E-state index in [4.69, 9.17) is 42.1 Å². The van der Waals surface area contributed by atoms with Crippen LogP contribution in [0.15, 0.2) is 65.8 Å². The molecule has 1 aromatic heterocycles. The number of rotatable bonds is 13. The molecule has 0 spiro atoms. The molecule has 0 unspecified atom stereocenters. The number of nitrogens with one attached hydrogen (secondary N) is 2. The quantitative estimate of drug-likeness (QED) is 0.0837. The summed E-state index contributed by atoms with van der Waals surface area (Å²) >= 11 is 13.8. The highest BCUT2D eigenvalue weighted by atomic mass is 35.5. The van der Waals surface area contributed by atoms with Crippen molar-refractivity contribution < 1.29 is 33.3 Å². The molecule has 4 aromatic rings. The van der Waals surface area contributed by atoms with Gasteiger partial charge < -0.3 is 24.3 Å². The van der Waals surface area contributed by atoms with Crippen molar-refractivity contribution in [3.05, 3.63) is 103 Å². The summed E-state index contributed by atoms with van der Waals surface area (Å²) in [6, 6.07) is 16.7. The Morgan fingerprint density at radius 2 is 1.70 bits per heavy atom. The van der Waals surface area contributed by atoms with E-state index in [1.54, 1.807) is 74.5 Å². The van der Waals surface area contributed by atoms with Crippen molar-refractivity contribution in [2.75, 3.05) is 19.0 Å². The average molecular weight is 699 g/mol. The summed E-state index contributed by atoms with van der Waals surface area (Å²) < 4.78 is 22.2. The summed E-state index contributed by atoms with van der Waals surface area (Å²) in [5, 5.41) is 8.25. The number of nitrogens with zero attached hydrogens (tertiary/aromatic N) is 1. The maximum Gasteiger partial charge on any atom is 0.341 e. The molecule has 2 N–H and O–H groups in total. The van der Waals surface area contributed by atoms with Crippen molar-refractivity contribution >= 4 is 63.5 Å². The van der Waals surface area contributed by atoms with E-state index in [-0.39, 0.29) is 13.2 Å². The Balaban J connectivity index is 1.30. The van der Waals surface area contributed by atoms with Crippen molar-refractivity contribution in [2.24, 2.45) is 5.10 Å². The molecule has 0 fully saturated rings. The molecule has 47 heavy (non-hydrogen) atoms. The van der Waals surface area contributed by atoms with Gasteiger partial charge in [0.15, 0.2) is 17.6 Å². The number of aryl methyl sites for hydroxylation is 1. The van der Waals surface area contributed by atoms with Gasteiger partial charge in [-0.15, -0.1) is 11.3 Å². The van der Waals surface area contributed by atoms with Gasteiger partial charge in [-0.3, -0.25) is 9.59 Å². The van der Waals surface area contributed by atoms with Crippen LogP contribution < -0.4 is 25.0 Å². The van der Waals surface area contributed by atoms with Crippen LogP contribution in [0.5, 0.6) is 17.2 Å². The molecule has 4 rings (SSSR count). The van der Waals surface area contributed by atoms with Crippen molar-refractivity contribution in [3.8, 4) is 17.2 Å². The van der Waals surface area contributed by atoms with Crippen LogP contribution in [0.2, 0.25) is 10.0 Å². The first-order valence-electron chi connectivity index (χ1n) is 14.4. The van der Waals surface area contributed by atoms with Crippen molar-refractivity contribution in [1.82, 2.24) is 5.43 Å². The number of thiophene rings is 1. The predicted octanol–water partition coefficient (Wildman–Crippen LogP) is 7.61. The zero-order chi connectivity index (χ0) is 34.1. The first-order valence-corrected chi connectivity index (χ1v) is 16.0. The zero-order valence-electron chi connectivity index (χ0n) is 26.3. The molecule has 0 saturated carbocycles. The van der Waals surface area contributed by atoms with Gasteiger partial charge in [-0.1, -0.05) is 29.3 Å². The van der Waals surface area contributed by atoms with Gasteiger partial charge in [0, 0.05) is 26.0 Å². The molecule has 0 aliphatic carbocycles. The largest absolute Gasteiger partial charge is 0.493 e. The third-order valence-electron chi connectivity index (χ3n) is 6.90. The van der Waals surface area contributed by atoms with E-state index in [2.05, 4.69) is 15.8 Å². The van der Waals surface area contributed by atoms with Gasteiger partial charge in [-0.2, -0.15) is 5.10 Å². The van der Waals surface area contributed by atoms with Crippen LogP contribution in [-0.4, -0.2) is 43.8 Å². The molecule has 0 aliphatic heterocycles. The molecule has 13 heteroatoms. The Morgan fingerprint density at radius 1 is 1.00 bits per heavy atom. The first kappa shape index (κ1) is 35.3. The van der Waals surface area contributed by atoms with Crippen molar-refractivity contribution in [1.29, 1.82) is 0 Å². The normalized spacial score (nSPS) is 11.6. The zero-order valence-corrected chi connectivity index (χ0v) is 28.6. The van der Waals surface area contributed by atoms with Gasteiger partial charge in [-0.25, -0.2) is 10.2 Å². The van der Waals surface area contributed by atoms with E-state index >= 15 is 0 Å². The summed E-state index contributed by atoms with van der Waals surface area (Å²) in [5.41, 5.74) is 5.23. The molecular formula is C34H33Cl2N3O7S. The second-order valence-corrected chi connectivity index (χ2v) is 12.1. The van der Waals surface area contributed by atoms with Gasteiger partial charge in [-0.05, 0) is 93.4 Å². The lowest BCUT2D eigenvalue weighted by molar-refractivity contribution is -0.127. The molecule has 246 valence electrons. The van der Waals surface area contributed by atoms with Crippen LogP contribution in [0.3, 0.4) is 0 Å². The highest BCUT2D eigenvalue weighted by molar-refractivity contribution is 7.16. The molecule has 10 nitrogen and oxygen atoms in total. The summed E-state index contributed by atoms with van der Waals surface area (Å²) in [6.07, 6.45) is 0.567. The van der Waals surface area contributed by atoms with Crippen LogP contribution in [0.25, 0.3) is 0 Å². The molecular weight excluding hydrogens is 665 g/mol. The number of esters is 1. The Labute approximate surface area is 286 Å². The van der Waals surface area contributed by atoms with E-state index in [9.17, 15) is 14.4 Å². The molecule has 0 radical (unpaired) electrons. The lowest BCUT2D eigenvalue weighted by atomic mass is 10.1. The number of hydrogen-bond acceptors (Lipinski definition) is 9. The van der Waals surface area contributed by atoms with E-state index < -0.39 is 23.9 Å². The van der Waals surface area contributed by atoms with Crippen LogP contribution >= 0.6 is 34.5 Å². The van der Waals surface area contributed by atoms with E-state index in [0.29, 0.717) is 54.5 Å². The van der Waals surface area contributed by atoms with E-state index in [0.717, 1.165) is 10.4 Å². The number of hydrazone groups is 1. The molecule has 0 bridgehead atoms. The number of benzene rings is 3. The number of carbonyl (C=O) groups is 3. The number of ether oxygens (including phenoxy) is 4. The van der Waals surface area contributed by atoms with Gasteiger partial charge in [0.25, 0.3) is 11.8 Å². The number of carbonyl (C=O) groups excluding carboxylic acids is 3. The summed E-state index contributed by atoms with van der Waals surface area (Å²) in [5.74, 6) is -0.0533. The SMILES string of the molecule is CCOC(=O)c1c(NC(=O)c2ccc(O[C@H](C)C(=O)N/N=C\c3ccc(OCc4c(Cl)cccc4Cl)c(OC)c3)cc2)sc(C)c1C. The van der Waals surface area contributed by atoms with Crippen LogP contribution in [0.1, 0.15) is 56.1 Å². The van der Waals surface area contributed by atoms with E-state index in [1.165, 1.54) is 24.7 Å². The van der Waals surface area contributed by atoms with Gasteiger partial charge in [0.1, 0.15) is 17.4 Å². The monoisotopic (exact) mass is 697 g/mol. The number of halogens is 2. The van der Waals surface area contributed by atoms with Crippen LogP contribution in [0.4, 0.5) is 5.00 Å². The highest BCUT2D eigenvalue weighted by Crippen LogP contribution is 2.34. The van der Waals surface area contributed by atoms with E-state index in [1.807, 2.05) is 13.8 Å². The minimum atomic E-state index is -0.891. The van der Waals surface area contributed by atoms with Gasteiger partial charge in [0.05, 0.1) is 25.5 Å². The average Bonchev–Trinajstić information content (AvgIpc) is 3.33. The van der Waals surface area contributed by atoms with Crippen molar-refractivity contribution in [3.63, 3.8) is 0 Å². The highest BCUT2D eigenvalue weighted by Gasteiger charge is 2.23. The van der Waals surface area contributed by atoms with Gasteiger partial charge in [0.2, 0.25) is 0 Å². The smallest absolute Gasteiger partial charge is 0.341 e. The Morgan fingerprint density at radius 3 is 2.36 bits per heavy atom. The molecule has 1 atom stereocenters. The minimum Gasteiger partial charge on any atom is -0.493 e. The Kier molecular flexibility index (Phi) is 12.2. The second-order valence-electron chi connectivity index (χ2n) is 10.1. The van der Waals surface area contributed by atoms with Crippen molar-refractivity contribution in [2.45, 2.75) is 40.4 Å². The molecule has 3 aromatic carbocycles. The fourth-order valence-corrected chi connectivity index (χ4v) is 5.80. The lowest BCUT2D eigenvalue weighted by Gasteiger charge is -2.14. The fraction of sp³-hybridized carbons (Fsp3) is 0.235. The Bertz CT molecular complexity index is 1770. The molecule has 0 aliphatic rings. The third-order valence-corrected chi connectivity index (χ3v) is 8.73. The number of methoxy groups -OCH3 is 1. The van der Waals surface area contributed by atoms with Crippen LogP contribution in [0, 0.1) is 13.8 Å². The number of hydrogen-bond donors (Lipinski definition) is 2. The molecule has 1 heterocycles. The summed E-state index contributed by atoms with van der Waals surface area (Å²) in [4.78, 5) is 38.9. The fourth-order valence-electron chi connectivity index (χ4n) is 4.25. The second kappa shape index (κ2) is 16.3. The lowest BCUT2D eigenvalue weighted by Crippen LogP contribution is -2.33. The topological polar surface area (TPSA) is 125 Å². The number of anilines is 1. The Hall–Kier alpha value is -4.58. The molecule has 0 saturated heterocycles. The number of amides is 2. The van der Waals surface area contributed by atoms with Gasteiger partial charge >= 0.3 is 5.97 Å². The summed E-state index contributed by atoms with van der Waals surface area (Å²) in [6.45, 7) is 7.37. The maximum absolute atomic E-state index is 12.9. The maximum atomic E-state index is 12.9. The van der Waals surface area contributed by atoms with Crippen LogP contribution in [-0.2, 0) is 16.1 Å². The first-order chi connectivity index (χ1) is 22.5.